The van der Waals surface area contributed by atoms with E-state index in [1.54, 1.807) is 12.1 Å². The number of nitrogens with two attached hydrogens (primary N) is 1. The lowest BCUT2D eigenvalue weighted by Gasteiger charge is -2.08. The van der Waals surface area contributed by atoms with Crippen LogP contribution in [0.2, 0.25) is 5.02 Å². The van der Waals surface area contributed by atoms with E-state index in [1.807, 2.05) is 6.92 Å². The minimum absolute atomic E-state index is 0.0847. The summed E-state index contributed by atoms with van der Waals surface area (Å²) in [6.07, 6.45) is 0. The van der Waals surface area contributed by atoms with Gasteiger partial charge in [-0.05, 0) is 18.6 Å². The van der Waals surface area contributed by atoms with Crippen LogP contribution < -0.4 is 5.73 Å². The Morgan fingerprint density at radius 2 is 2.18 bits per heavy atom. The molecule has 0 amide bonds. The molecule has 2 nitrogen and oxygen atoms in total. The Bertz CT molecular complexity index is 260. The molecule has 60 valence electrons. The van der Waals surface area contributed by atoms with Gasteiger partial charge in [-0.25, -0.2) is 0 Å². The maximum Gasteiger partial charge on any atom is 0.134 e. The molecular formula is C8H10ClNO. The second kappa shape index (κ2) is 3.11. The highest BCUT2D eigenvalue weighted by Gasteiger charge is 2.07. The summed E-state index contributed by atoms with van der Waals surface area (Å²) < 4.78 is 0. The van der Waals surface area contributed by atoms with Gasteiger partial charge in [0.25, 0.3) is 0 Å². The zero-order valence-corrected chi connectivity index (χ0v) is 6.97. The van der Waals surface area contributed by atoms with Crippen LogP contribution in [-0.4, -0.2) is 5.11 Å². The first-order valence-corrected chi connectivity index (χ1v) is 3.73. The zero-order valence-electron chi connectivity index (χ0n) is 6.21. The molecule has 0 aromatic heterocycles. The van der Waals surface area contributed by atoms with Crippen LogP contribution >= 0.6 is 11.6 Å². The van der Waals surface area contributed by atoms with Gasteiger partial charge in [0.2, 0.25) is 0 Å². The number of aromatic hydroxyl groups is 1. The van der Waals surface area contributed by atoms with Crippen LogP contribution in [0.25, 0.3) is 0 Å². The Labute approximate surface area is 70.6 Å². The first-order valence-electron chi connectivity index (χ1n) is 3.36. The molecule has 0 heterocycles. The van der Waals surface area contributed by atoms with Gasteiger partial charge in [-0.15, -0.1) is 0 Å². The Morgan fingerprint density at radius 1 is 1.55 bits per heavy atom. The Balaban J connectivity index is 3.17. The highest BCUT2D eigenvalue weighted by molar-refractivity contribution is 6.32. The van der Waals surface area contributed by atoms with Crippen molar-refractivity contribution in [1.29, 1.82) is 0 Å². The molecule has 3 N–H and O–H groups in total. The topological polar surface area (TPSA) is 46.2 Å². The standard InChI is InChI=1S/C8H10ClNO/c1-5(10)6-3-2-4-7(11)8(6)9/h2-5,11H,10H2,1H3/t5-/m0/s1. The maximum atomic E-state index is 9.16. The molecule has 1 aromatic carbocycles. The van der Waals surface area contributed by atoms with Crippen LogP contribution in [0, 0.1) is 0 Å². The largest absolute Gasteiger partial charge is 0.506 e. The van der Waals surface area contributed by atoms with Crippen molar-refractivity contribution in [2.45, 2.75) is 13.0 Å². The van der Waals surface area contributed by atoms with E-state index in [0.717, 1.165) is 5.56 Å². The summed E-state index contributed by atoms with van der Waals surface area (Å²) in [7, 11) is 0. The third kappa shape index (κ3) is 1.64. The van der Waals surface area contributed by atoms with Crippen molar-refractivity contribution in [2.24, 2.45) is 5.73 Å². The van der Waals surface area contributed by atoms with E-state index in [2.05, 4.69) is 0 Å². The lowest BCUT2D eigenvalue weighted by atomic mass is 10.1. The van der Waals surface area contributed by atoms with Crippen molar-refractivity contribution >= 4 is 11.6 Å². The SMILES string of the molecule is C[C@H](N)c1cccc(O)c1Cl. The quantitative estimate of drug-likeness (QED) is 0.680. The van der Waals surface area contributed by atoms with E-state index in [4.69, 9.17) is 22.4 Å². The van der Waals surface area contributed by atoms with Gasteiger partial charge in [0, 0.05) is 6.04 Å². The van der Waals surface area contributed by atoms with Crippen molar-refractivity contribution in [2.75, 3.05) is 0 Å². The number of hydrogen-bond donors (Lipinski definition) is 2. The monoisotopic (exact) mass is 171 g/mol. The second-order valence-corrected chi connectivity index (χ2v) is 2.85. The minimum Gasteiger partial charge on any atom is -0.506 e. The van der Waals surface area contributed by atoms with Gasteiger partial charge < -0.3 is 10.8 Å². The highest BCUT2D eigenvalue weighted by atomic mass is 35.5. The van der Waals surface area contributed by atoms with Crippen molar-refractivity contribution in [3.8, 4) is 5.75 Å². The van der Waals surface area contributed by atoms with Crippen molar-refractivity contribution in [3.05, 3.63) is 28.8 Å². The fourth-order valence-electron chi connectivity index (χ4n) is 0.889. The fraction of sp³-hybridized carbons (Fsp3) is 0.250. The summed E-state index contributed by atoms with van der Waals surface area (Å²) in [5.41, 5.74) is 6.36. The van der Waals surface area contributed by atoms with Crippen LogP contribution in [0.5, 0.6) is 5.75 Å². The van der Waals surface area contributed by atoms with Gasteiger partial charge in [-0.3, -0.25) is 0 Å². The predicted octanol–water partition coefficient (Wildman–Crippen LogP) is 2.07. The molecule has 0 saturated heterocycles. The van der Waals surface area contributed by atoms with Crippen molar-refractivity contribution in [1.82, 2.24) is 0 Å². The summed E-state index contributed by atoms with van der Waals surface area (Å²) >= 11 is 5.76. The summed E-state index contributed by atoms with van der Waals surface area (Å²) in [6, 6.07) is 4.91. The maximum absolute atomic E-state index is 9.16. The van der Waals surface area contributed by atoms with E-state index in [0.29, 0.717) is 5.02 Å². The molecule has 1 aromatic rings. The Hall–Kier alpha value is -0.730. The molecule has 1 rings (SSSR count). The third-order valence-corrected chi connectivity index (χ3v) is 1.91. The van der Waals surface area contributed by atoms with Crippen LogP contribution in [0.4, 0.5) is 0 Å². The summed E-state index contributed by atoms with van der Waals surface area (Å²) in [5.74, 6) is 0.0847. The molecular weight excluding hydrogens is 162 g/mol. The van der Waals surface area contributed by atoms with Crippen LogP contribution in [0.15, 0.2) is 18.2 Å². The molecule has 0 radical (unpaired) electrons. The average Bonchev–Trinajstić information content (AvgIpc) is 1.94. The number of hydrogen-bond acceptors (Lipinski definition) is 2. The smallest absolute Gasteiger partial charge is 0.134 e. The highest BCUT2D eigenvalue weighted by Crippen LogP contribution is 2.29. The number of halogens is 1. The van der Waals surface area contributed by atoms with Gasteiger partial charge in [0.15, 0.2) is 0 Å². The van der Waals surface area contributed by atoms with Crippen molar-refractivity contribution < 1.29 is 5.11 Å². The normalized spacial score (nSPS) is 13.0. The lowest BCUT2D eigenvalue weighted by molar-refractivity contribution is 0.474. The van der Waals surface area contributed by atoms with Crippen LogP contribution in [0.3, 0.4) is 0 Å². The predicted molar refractivity (Wildman–Crippen MR) is 45.7 cm³/mol. The molecule has 11 heavy (non-hydrogen) atoms. The second-order valence-electron chi connectivity index (χ2n) is 2.47. The molecule has 3 heteroatoms. The molecule has 0 bridgehead atoms. The number of benzene rings is 1. The van der Waals surface area contributed by atoms with Gasteiger partial charge in [-0.1, -0.05) is 23.7 Å². The van der Waals surface area contributed by atoms with Gasteiger partial charge in [-0.2, -0.15) is 0 Å². The first-order chi connectivity index (χ1) is 5.13. The lowest BCUT2D eigenvalue weighted by Crippen LogP contribution is -2.05. The van der Waals surface area contributed by atoms with Crippen LogP contribution in [-0.2, 0) is 0 Å². The Kier molecular flexibility index (Phi) is 2.37. The van der Waals surface area contributed by atoms with Gasteiger partial charge in [0.1, 0.15) is 5.75 Å². The number of phenols is 1. The molecule has 1 atom stereocenters. The van der Waals surface area contributed by atoms with Crippen molar-refractivity contribution in [3.63, 3.8) is 0 Å². The summed E-state index contributed by atoms with van der Waals surface area (Å²) in [5, 5.41) is 9.51. The van der Waals surface area contributed by atoms with E-state index in [9.17, 15) is 0 Å². The number of phenolic OH excluding ortho intramolecular Hbond substituents is 1. The fourth-order valence-corrected chi connectivity index (χ4v) is 1.19. The molecule has 0 aliphatic heterocycles. The first kappa shape index (κ1) is 8.37. The van der Waals surface area contributed by atoms with E-state index in [1.165, 1.54) is 6.07 Å². The summed E-state index contributed by atoms with van der Waals surface area (Å²) in [4.78, 5) is 0. The molecule has 0 aliphatic carbocycles. The number of rotatable bonds is 1. The van der Waals surface area contributed by atoms with Gasteiger partial charge >= 0.3 is 0 Å². The average molecular weight is 172 g/mol. The Morgan fingerprint density at radius 3 is 2.64 bits per heavy atom. The summed E-state index contributed by atoms with van der Waals surface area (Å²) in [6.45, 7) is 1.82. The zero-order chi connectivity index (χ0) is 8.43. The molecule has 0 spiro atoms. The molecule has 0 unspecified atom stereocenters. The minimum atomic E-state index is -0.144. The third-order valence-electron chi connectivity index (χ3n) is 1.50. The van der Waals surface area contributed by atoms with Gasteiger partial charge in [0.05, 0.1) is 5.02 Å². The van der Waals surface area contributed by atoms with E-state index < -0.39 is 0 Å². The van der Waals surface area contributed by atoms with E-state index in [-0.39, 0.29) is 11.8 Å². The molecule has 0 saturated carbocycles. The molecule has 0 aliphatic rings. The van der Waals surface area contributed by atoms with E-state index >= 15 is 0 Å². The van der Waals surface area contributed by atoms with Crippen LogP contribution in [0.1, 0.15) is 18.5 Å². The molecule has 0 fully saturated rings.